The van der Waals surface area contributed by atoms with Crippen LogP contribution in [0.15, 0.2) is 46.9 Å². The van der Waals surface area contributed by atoms with Crippen LogP contribution in [0.4, 0.5) is 0 Å². The molecule has 136 valence electrons. The zero-order valence-electron chi connectivity index (χ0n) is 14.5. The number of carbonyl (C=O) groups is 1. The summed E-state index contributed by atoms with van der Waals surface area (Å²) < 4.78 is 2.04. The van der Waals surface area contributed by atoms with Crippen molar-refractivity contribution in [3.63, 3.8) is 0 Å². The predicted octanol–water partition coefficient (Wildman–Crippen LogP) is 4.48. The first-order valence-electron chi connectivity index (χ1n) is 8.25. The molecule has 0 spiro atoms. The van der Waals surface area contributed by atoms with Crippen LogP contribution in [0.3, 0.4) is 0 Å². The van der Waals surface area contributed by atoms with Gasteiger partial charge in [-0.2, -0.15) is 0 Å². The minimum atomic E-state index is -0.289. The highest BCUT2D eigenvalue weighted by Crippen LogP contribution is 2.29. The summed E-state index contributed by atoms with van der Waals surface area (Å²) in [5.41, 5.74) is 0.899. The highest BCUT2D eigenvalue weighted by Gasteiger charge is 2.20. The van der Waals surface area contributed by atoms with E-state index in [4.69, 9.17) is 11.6 Å². The fourth-order valence-electron chi connectivity index (χ4n) is 2.43. The molecule has 26 heavy (non-hydrogen) atoms. The van der Waals surface area contributed by atoms with Crippen LogP contribution in [-0.2, 0) is 17.9 Å². The van der Waals surface area contributed by atoms with E-state index in [-0.39, 0.29) is 11.2 Å². The molecule has 3 rings (SSSR count). The number of thioether (sulfide) groups is 1. The van der Waals surface area contributed by atoms with Gasteiger partial charge in [-0.05, 0) is 36.9 Å². The second-order valence-corrected chi connectivity index (χ2v) is 8.26. The molecule has 1 atom stereocenters. The van der Waals surface area contributed by atoms with Crippen molar-refractivity contribution in [1.82, 2.24) is 20.1 Å². The second-order valence-electron chi connectivity index (χ2n) is 5.60. The maximum Gasteiger partial charge on any atom is 0.233 e. The molecule has 3 aromatic rings. The zero-order chi connectivity index (χ0) is 18.5. The minimum Gasteiger partial charge on any atom is -0.351 e. The van der Waals surface area contributed by atoms with Gasteiger partial charge >= 0.3 is 0 Å². The van der Waals surface area contributed by atoms with Crippen molar-refractivity contribution in [2.24, 2.45) is 0 Å². The van der Waals surface area contributed by atoms with Gasteiger partial charge in [0, 0.05) is 18.1 Å². The molecule has 0 aliphatic heterocycles. The molecule has 0 saturated heterocycles. The summed E-state index contributed by atoms with van der Waals surface area (Å²) in [6.45, 7) is 5.07. The van der Waals surface area contributed by atoms with Crippen LogP contribution in [0.2, 0.25) is 5.02 Å². The number of hydrogen-bond donors (Lipinski definition) is 1. The van der Waals surface area contributed by atoms with Gasteiger partial charge in [-0.1, -0.05) is 47.6 Å². The largest absolute Gasteiger partial charge is 0.351 e. The topological polar surface area (TPSA) is 59.8 Å². The summed E-state index contributed by atoms with van der Waals surface area (Å²) in [7, 11) is 0. The summed E-state index contributed by atoms with van der Waals surface area (Å²) in [5.74, 6) is 0.784. The third-order valence-electron chi connectivity index (χ3n) is 3.84. The van der Waals surface area contributed by atoms with E-state index in [1.54, 1.807) is 11.3 Å². The molecule has 0 aliphatic carbocycles. The number of amides is 1. The van der Waals surface area contributed by atoms with Crippen molar-refractivity contribution in [3.8, 4) is 10.7 Å². The van der Waals surface area contributed by atoms with E-state index < -0.39 is 0 Å². The molecule has 0 saturated carbocycles. The van der Waals surface area contributed by atoms with Gasteiger partial charge in [-0.3, -0.25) is 4.79 Å². The van der Waals surface area contributed by atoms with Crippen LogP contribution in [0, 0.1) is 0 Å². The summed E-state index contributed by atoms with van der Waals surface area (Å²) >= 11 is 9.17. The van der Waals surface area contributed by atoms with Crippen LogP contribution < -0.4 is 5.32 Å². The van der Waals surface area contributed by atoms with Crippen molar-refractivity contribution in [2.75, 3.05) is 0 Å². The lowest BCUT2D eigenvalue weighted by Gasteiger charge is -2.13. The van der Waals surface area contributed by atoms with E-state index in [0.717, 1.165) is 28.0 Å². The Morgan fingerprint density at radius 3 is 2.81 bits per heavy atom. The van der Waals surface area contributed by atoms with Crippen molar-refractivity contribution in [2.45, 2.75) is 37.3 Å². The predicted molar refractivity (Wildman–Crippen MR) is 108 cm³/mol. The first kappa shape index (κ1) is 18.9. The monoisotopic (exact) mass is 406 g/mol. The molecule has 1 N–H and O–H groups in total. The number of nitrogens with one attached hydrogen (secondary N) is 1. The Balaban J connectivity index is 1.65. The van der Waals surface area contributed by atoms with E-state index in [0.29, 0.717) is 11.6 Å². The van der Waals surface area contributed by atoms with E-state index in [1.165, 1.54) is 11.8 Å². The van der Waals surface area contributed by atoms with E-state index in [9.17, 15) is 4.79 Å². The Morgan fingerprint density at radius 2 is 2.12 bits per heavy atom. The van der Waals surface area contributed by atoms with E-state index in [1.807, 2.05) is 60.2 Å². The fourth-order valence-corrected chi connectivity index (χ4v) is 4.29. The number of benzene rings is 1. The quantitative estimate of drug-likeness (QED) is 0.588. The highest BCUT2D eigenvalue weighted by atomic mass is 35.5. The number of halogens is 1. The molecule has 0 aliphatic rings. The van der Waals surface area contributed by atoms with E-state index in [2.05, 4.69) is 15.5 Å². The van der Waals surface area contributed by atoms with Gasteiger partial charge in [-0.15, -0.1) is 21.5 Å². The van der Waals surface area contributed by atoms with Crippen molar-refractivity contribution in [3.05, 3.63) is 52.4 Å². The molecule has 2 heterocycles. The molecular weight excluding hydrogens is 388 g/mol. The number of nitrogens with zero attached hydrogens (tertiary/aromatic N) is 3. The van der Waals surface area contributed by atoms with Gasteiger partial charge < -0.3 is 9.88 Å². The van der Waals surface area contributed by atoms with Crippen LogP contribution in [0.25, 0.3) is 10.7 Å². The maximum atomic E-state index is 12.4. The molecule has 0 radical (unpaired) electrons. The summed E-state index contributed by atoms with van der Waals surface area (Å²) in [5, 5.41) is 14.6. The van der Waals surface area contributed by atoms with Gasteiger partial charge in [0.1, 0.15) is 0 Å². The lowest BCUT2D eigenvalue weighted by molar-refractivity contribution is -0.120. The van der Waals surface area contributed by atoms with Crippen molar-refractivity contribution < 1.29 is 4.79 Å². The first-order valence-corrected chi connectivity index (χ1v) is 10.4. The molecule has 8 heteroatoms. The molecule has 1 aromatic carbocycles. The Hall–Kier alpha value is -1.83. The van der Waals surface area contributed by atoms with Gasteiger partial charge in [0.15, 0.2) is 11.0 Å². The Kier molecular flexibility index (Phi) is 6.34. The Bertz CT molecular complexity index is 879. The standard InChI is InChI=1S/C18H19ClN4OS2/c1-3-23-16(15-9-6-10-25-15)21-22-18(23)26-12(2)17(24)20-11-13-7-4-5-8-14(13)19/h4-10,12H,3,11H2,1-2H3,(H,20,24). The summed E-state index contributed by atoms with van der Waals surface area (Å²) in [6, 6.07) is 11.5. The van der Waals surface area contributed by atoms with Gasteiger partial charge in [0.25, 0.3) is 0 Å². The fraction of sp³-hybridized carbons (Fsp3) is 0.278. The molecule has 0 fully saturated rings. The molecule has 5 nitrogen and oxygen atoms in total. The van der Waals surface area contributed by atoms with Crippen molar-refractivity contribution >= 4 is 40.6 Å². The van der Waals surface area contributed by atoms with Gasteiger partial charge in [-0.25, -0.2) is 0 Å². The normalized spacial score (nSPS) is 12.1. The molecular formula is C18H19ClN4OS2. The minimum absolute atomic E-state index is 0.0572. The highest BCUT2D eigenvalue weighted by molar-refractivity contribution is 8.00. The van der Waals surface area contributed by atoms with Crippen LogP contribution in [0.5, 0.6) is 0 Å². The number of rotatable bonds is 7. The number of thiophene rings is 1. The maximum absolute atomic E-state index is 12.4. The average molecular weight is 407 g/mol. The molecule has 2 aromatic heterocycles. The van der Waals surface area contributed by atoms with E-state index >= 15 is 0 Å². The molecule has 0 bridgehead atoms. The lowest BCUT2D eigenvalue weighted by Crippen LogP contribution is -2.30. The number of aromatic nitrogens is 3. The van der Waals surface area contributed by atoms with Gasteiger partial charge in [0.05, 0.1) is 10.1 Å². The summed E-state index contributed by atoms with van der Waals surface area (Å²) in [6.07, 6.45) is 0. The SMILES string of the molecule is CCn1c(SC(C)C(=O)NCc2ccccc2Cl)nnc1-c1cccs1. The zero-order valence-corrected chi connectivity index (χ0v) is 16.9. The van der Waals surface area contributed by atoms with Gasteiger partial charge in [0.2, 0.25) is 5.91 Å². The third kappa shape index (κ3) is 4.28. The Morgan fingerprint density at radius 1 is 1.31 bits per heavy atom. The van der Waals surface area contributed by atoms with Crippen LogP contribution >= 0.6 is 34.7 Å². The molecule has 1 amide bonds. The number of carbonyl (C=O) groups excluding carboxylic acids is 1. The smallest absolute Gasteiger partial charge is 0.233 e. The number of hydrogen-bond acceptors (Lipinski definition) is 5. The average Bonchev–Trinajstić information content (AvgIpc) is 3.29. The third-order valence-corrected chi connectivity index (χ3v) is 6.15. The van der Waals surface area contributed by atoms with Crippen molar-refractivity contribution in [1.29, 1.82) is 0 Å². The molecule has 1 unspecified atom stereocenters. The second kappa shape index (κ2) is 8.70. The summed E-state index contributed by atoms with van der Waals surface area (Å²) in [4.78, 5) is 13.5. The first-order chi connectivity index (χ1) is 12.6. The lowest BCUT2D eigenvalue weighted by atomic mass is 10.2. The Labute approximate surface area is 165 Å². The van der Waals surface area contributed by atoms with Crippen LogP contribution in [0.1, 0.15) is 19.4 Å². The van der Waals surface area contributed by atoms with Crippen LogP contribution in [-0.4, -0.2) is 25.9 Å².